The quantitative estimate of drug-likeness (QED) is 0.560. The molecule has 3 N–H and O–H groups in total. The van der Waals surface area contributed by atoms with Gasteiger partial charge in [-0.15, -0.1) is 0 Å². The summed E-state index contributed by atoms with van der Waals surface area (Å²) in [5.74, 6) is 0.362. The minimum Gasteiger partial charge on any atom is -0.462 e. The molecular weight excluding hydrogens is 264 g/mol. The third kappa shape index (κ3) is 5.66. The summed E-state index contributed by atoms with van der Waals surface area (Å²) in [6.07, 6.45) is 3.49. The van der Waals surface area contributed by atoms with Crippen LogP contribution < -0.4 is 11.1 Å². The maximum atomic E-state index is 11.8. The number of anilines is 2. The van der Waals surface area contributed by atoms with Crippen molar-refractivity contribution in [2.24, 2.45) is 5.92 Å². The molecule has 0 aliphatic heterocycles. The number of rotatable bonds is 8. The van der Waals surface area contributed by atoms with Crippen molar-refractivity contribution >= 4 is 17.3 Å². The highest BCUT2D eigenvalue weighted by Crippen LogP contribution is 2.25. The summed E-state index contributed by atoms with van der Waals surface area (Å²) in [4.78, 5) is 11.8. The number of carbonyl (C=O) groups excluding carboxylic acids is 1. The number of para-hydroxylation sites is 1. The SMILES string of the molecule is CCOC(=O)c1cccc(NC(C)CCCC(C)C)c1N. The highest BCUT2D eigenvalue weighted by atomic mass is 16.5. The van der Waals surface area contributed by atoms with Crippen LogP contribution in [0.15, 0.2) is 18.2 Å². The number of benzene rings is 1. The van der Waals surface area contributed by atoms with Crippen LogP contribution in [0.1, 0.15) is 57.3 Å². The molecule has 0 aromatic heterocycles. The molecular formula is C17H28N2O2. The minimum absolute atomic E-state index is 0.323. The van der Waals surface area contributed by atoms with Crippen LogP contribution in [0, 0.1) is 5.92 Å². The second-order valence-corrected chi connectivity index (χ2v) is 5.86. The Morgan fingerprint density at radius 3 is 2.62 bits per heavy atom. The largest absolute Gasteiger partial charge is 0.462 e. The van der Waals surface area contributed by atoms with Crippen molar-refractivity contribution in [1.82, 2.24) is 0 Å². The molecule has 0 heterocycles. The Balaban J connectivity index is 2.67. The number of ether oxygens (including phenoxy) is 1. The molecule has 0 aliphatic carbocycles. The molecule has 4 heteroatoms. The molecule has 1 atom stereocenters. The van der Waals surface area contributed by atoms with Crippen LogP contribution >= 0.6 is 0 Å². The third-order valence-electron chi connectivity index (χ3n) is 3.42. The first-order valence-corrected chi connectivity index (χ1v) is 7.77. The second kappa shape index (κ2) is 8.55. The van der Waals surface area contributed by atoms with Gasteiger partial charge in [0, 0.05) is 6.04 Å². The van der Waals surface area contributed by atoms with Crippen molar-refractivity contribution < 1.29 is 9.53 Å². The van der Waals surface area contributed by atoms with Crippen LogP contribution in [0.4, 0.5) is 11.4 Å². The molecule has 0 saturated carbocycles. The lowest BCUT2D eigenvalue weighted by Crippen LogP contribution is -2.17. The van der Waals surface area contributed by atoms with Crippen LogP contribution in [0.5, 0.6) is 0 Å². The summed E-state index contributed by atoms with van der Waals surface area (Å²) in [6, 6.07) is 5.74. The minimum atomic E-state index is -0.369. The van der Waals surface area contributed by atoms with Crippen LogP contribution in [0.2, 0.25) is 0 Å². The molecule has 1 unspecified atom stereocenters. The molecule has 0 saturated heterocycles. The highest BCUT2D eigenvalue weighted by Gasteiger charge is 2.14. The molecule has 1 aromatic carbocycles. The van der Waals surface area contributed by atoms with Crippen molar-refractivity contribution in [3.63, 3.8) is 0 Å². The van der Waals surface area contributed by atoms with Gasteiger partial charge < -0.3 is 15.8 Å². The highest BCUT2D eigenvalue weighted by molar-refractivity contribution is 5.98. The molecule has 0 aliphatic rings. The topological polar surface area (TPSA) is 64.3 Å². The number of carbonyl (C=O) groups is 1. The van der Waals surface area contributed by atoms with E-state index in [1.807, 2.05) is 12.1 Å². The van der Waals surface area contributed by atoms with Crippen LogP contribution in [-0.2, 0) is 4.74 Å². The van der Waals surface area contributed by atoms with Crippen LogP contribution in [0.3, 0.4) is 0 Å². The normalized spacial score (nSPS) is 12.2. The molecule has 0 spiro atoms. The summed E-state index contributed by atoms with van der Waals surface area (Å²) >= 11 is 0. The van der Waals surface area contributed by atoms with Gasteiger partial charge in [-0.05, 0) is 38.3 Å². The monoisotopic (exact) mass is 292 g/mol. The number of hydrogen-bond donors (Lipinski definition) is 2. The summed E-state index contributed by atoms with van der Waals surface area (Å²) in [5.41, 5.74) is 7.77. The zero-order chi connectivity index (χ0) is 15.8. The Kier molecular flexibility index (Phi) is 7.06. The van der Waals surface area contributed by atoms with Gasteiger partial charge in [-0.2, -0.15) is 0 Å². The number of nitrogens with one attached hydrogen (secondary N) is 1. The van der Waals surface area contributed by atoms with E-state index in [9.17, 15) is 4.79 Å². The summed E-state index contributed by atoms with van der Waals surface area (Å²) < 4.78 is 5.01. The summed E-state index contributed by atoms with van der Waals surface area (Å²) in [6.45, 7) is 8.74. The average molecular weight is 292 g/mol. The summed E-state index contributed by atoms with van der Waals surface area (Å²) in [5, 5.41) is 3.39. The molecule has 0 bridgehead atoms. The van der Waals surface area contributed by atoms with E-state index in [-0.39, 0.29) is 5.97 Å². The fourth-order valence-electron chi connectivity index (χ4n) is 2.25. The molecule has 4 nitrogen and oxygen atoms in total. The lowest BCUT2D eigenvalue weighted by Gasteiger charge is -2.18. The fraction of sp³-hybridized carbons (Fsp3) is 0.588. The third-order valence-corrected chi connectivity index (χ3v) is 3.42. The van der Waals surface area contributed by atoms with Crippen molar-refractivity contribution in [2.75, 3.05) is 17.7 Å². The van der Waals surface area contributed by atoms with E-state index in [1.165, 1.54) is 12.8 Å². The van der Waals surface area contributed by atoms with Gasteiger partial charge in [0.05, 0.1) is 23.5 Å². The van der Waals surface area contributed by atoms with Gasteiger partial charge in [0.25, 0.3) is 0 Å². The summed E-state index contributed by atoms with van der Waals surface area (Å²) in [7, 11) is 0. The smallest absolute Gasteiger partial charge is 0.340 e. The lowest BCUT2D eigenvalue weighted by molar-refractivity contribution is 0.0527. The molecule has 0 amide bonds. The van der Waals surface area contributed by atoms with Gasteiger partial charge >= 0.3 is 5.97 Å². The molecule has 118 valence electrons. The Morgan fingerprint density at radius 2 is 2.00 bits per heavy atom. The first kappa shape index (κ1) is 17.3. The van der Waals surface area contributed by atoms with E-state index >= 15 is 0 Å². The molecule has 0 fully saturated rings. The first-order chi connectivity index (χ1) is 9.95. The number of nitrogens with two attached hydrogens (primary N) is 1. The van der Waals surface area contributed by atoms with Gasteiger partial charge in [0.1, 0.15) is 0 Å². The second-order valence-electron chi connectivity index (χ2n) is 5.86. The Bertz CT molecular complexity index is 458. The maximum Gasteiger partial charge on any atom is 0.340 e. The number of nitrogen functional groups attached to an aromatic ring is 1. The van der Waals surface area contributed by atoms with E-state index in [2.05, 4.69) is 26.1 Å². The average Bonchev–Trinajstić information content (AvgIpc) is 2.41. The molecule has 0 radical (unpaired) electrons. The fourth-order valence-corrected chi connectivity index (χ4v) is 2.25. The van der Waals surface area contributed by atoms with E-state index < -0.39 is 0 Å². The lowest BCUT2D eigenvalue weighted by atomic mass is 10.0. The zero-order valence-electron chi connectivity index (χ0n) is 13.6. The maximum absolute atomic E-state index is 11.8. The van der Waals surface area contributed by atoms with Gasteiger partial charge in [0.15, 0.2) is 0 Å². The van der Waals surface area contributed by atoms with E-state index in [4.69, 9.17) is 10.5 Å². The Hall–Kier alpha value is -1.71. The predicted octanol–water partition coefficient (Wildman–Crippen LogP) is 4.07. The van der Waals surface area contributed by atoms with Crippen molar-refractivity contribution in [2.45, 2.75) is 53.0 Å². The molecule has 1 aromatic rings. The van der Waals surface area contributed by atoms with E-state index in [0.29, 0.717) is 23.9 Å². The molecule has 1 rings (SSSR count). The van der Waals surface area contributed by atoms with Crippen molar-refractivity contribution in [3.05, 3.63) is 23.8 Å². The number of esters is 1. The predicted molar refractivity (Wildman–Crippen MR) is 88.6 cm³/mol. The van der Waals surface area contributed by atoms with E-state index in [0.717, 1.165) is 18.0 Å². The Morgan fingerprint density at radius 1 is 1.29 bits per heavy atom. The van der Waals surface area contributed by atoms with Gasteiger partial charge in [-0.1, -0.05) is 32.8 Å². The van der Waals surface area contributed by atoms with Gasteiger partial charge in [0.2, 0.25) is 0 Å². The number of hydrogen-bond acceptors (Lipinski definition) is 4. The Labute approximate surface area is 128 Å². The standard InChI is InChI=1S/C17H28N2O2/c1-5-21-17(20)14-10-7-11-15(16(14)18)19-13(4)9-6-8-12(2)3/h7,10-13,19H,5-6,8-9,18H2,1-4H3. The van der Waals surface area contributed by atoms with Gasteiger partial charge in [-0.3, -0.25) is 0 Å². The molecule has 21 heavy (non-hydrogen) atoms. The van der Waals surface area contributed by atoms with E-state index in [1.54, 1.807) is 13.0 Å². The first-order valence-electron chi connectivity index (χ1n) is 7.77. The van der Waals surface area contributed by atoms with Crippen LogP contribution in [-0.4, -0.2) is 18.6 Å². The van der Waals surface area contributed by atoms with Gasteiger partial charge in [-0.25, -0.2) is 4.79 Å². The zero-order valence-corrected chi connectivity index (χ0v) is 13.6. The van der Waals surface area contributed by atoms with Crippen LogP contribution in [0.25, 0.3) is 0 Å². The van der Waals surface area contributed by atoms with Crippen molar-refractivity contribution in [1.29, 1.82) is 0 Å². The van der Waals surface area contributed by atoms with Crippen molar-refractivity contribution in [3.8, 4) is 0 Å².